The molecule has 2 aliphatic heterocycles. The first-order valence-electron chi connectivity index (χ1n) is 10.3. The first-order valence-corrected chi connectivity index (χ1v) is 11.3. The molecule has 2 heterocycles. The number of carbonyl (C=O) groups is 5. The molecule has 2 unspecified atom stereocenters. The number of carboxylic acids is 1. The number of carbonyl (C=O) groups excluding carboxylic acids is 4. The van der Waals surface area contributed by atoms with Gasteiger partial charge in [-0.1, -0.05) is 12.1 Å². The number of hydrogen-bond donors (Lipinski definition) is 2. The highest BCUT2D eigenvalue weighted by Gasteiger charge is 2.58. The predicted octanol–water partition coefficient (Wildman–Crippen LogP) is 1.29. The van der Waals surface area contributed by atoms with Gasteiger partial charge in [0.15, 0.2) is 0 Å². The molecule has 0 spiro atoms. The maximum atomic E-state index is 13.0. The molecule has 3 atom stereocenters. The maximum absolute atomic E-state index is 13.0. The largest absolute Gasteiger partial charge is 0.478 e. The van der Waals surface area contributed by atoms with Gasteiger partial charge in [0.2, 0.25) is 5.91 Å². The Bertz CT molecular complexity index is 1000. The molecule has 2 saturated heterocycles. The topological polar surface area (TPSA) is 139 Å². The van der Waals surface area contributed by atoms with Crippen LogP contribution in [0.25, 0.3) is 0 Å². The zero-order valence-corrected chi connectivity index (χ0v) is 19.6. The van der Waals surface area contributed by atoms with Gasteiger partial charge in [-0.15, -0.1) is 11.8 Å². The zero-order chi connectivity index (χ0) is 24.6. The van der Waals surface area contributed by atoms with E-state index in [4.69, 9.17) is 9.47 Å². The molecule has 2 N–H and O–H groups in total. The van der Waals surface area contributed by atoms with Gasteiger partial charge in [0, 0.05) is 19.2 Å². The molecular formula is C22H26N2O8S. The number of benzene rings is 1. The minimum atomic E-state index is -1.25. The highest BCUT2D eigenvalue weighted by atomic mass is 32.2. The molecule has 10 nitrogen and oxygen atoms in total. The van der Waals surface area contributed by atoms with Crippen molar-refractivity contribution in [1.82, 2.24) is 10.2 Å². The van der Waals surface area contributed by atoms with Crippen LogP contribution in [0.15, 0.2) is 24.3 Å². The quantitative estimate of drug-likeness (QED) is 0.457. The summed E-state index contributed by atoms with van der Waals surface area (Å²) in [7, 11) is 0. The van der Waals surface area contributed by atoms with E-state index < -0.39 is 52.2 Å². The number of amides is 2. The average molecular weight is 479 g/mol. The van der Waals surface area contributed by atoms with Crippen LogP contribution in [-0.4, -0.2) is 75.6 Å². The summed E-state index contributed by atoms with van der Waals surface area (Å²) in [5, 5.41) is 11.5. The van der Waals surface area contributed by atoms with Gasteiger partial charge in [-0.2, -0.15) is 0 Å². The Morgan fingerprint density at radius 1 is 1.21 bits per heavy atom. The lowest BCUT2D eigenvalue weighted by molar-refractivity contribution is -0.176. The Hall–Kier alpha value is -3.08. The standard InChI is InChI=1S/C22H26N2O8S/c1-12(25)31-10-22(20(30)32-21(2,3)4)9-24-17(27)15(18(24)33-11-22)23-16(26)13-7-5-6-8-14(13)19(28)29/h5-8,15,18H,9-11H2,1-4H3,(H,23,26)(H,28,29)/t15?,18-,22?/m1/s1. The highest BCUT2D eigenvalue weighted by molar-refractivity contribution is 8.00. The van der Waals surface area contributed by atoms with Crippen LogP contribution in [0.4, 0.5) is 0 Å². The third kappa shape index (κ3) is 5.13. The number of esters is 2. The average Bonchev–Trinajstić information content (AvgIpc) is 2.74. The van der Waals surface area contributed by atoms with Gasteiger partial charge in [0.25, 0.3) is 5.91 Å². The second kappa shape index (κ2) is 9.05. The second-order valence-electron chi connectivity index (χ2n) is 9.03. The van der Waals surface area contributed by atoms with Crippen molar-refractivity contribution in [2.24, 2.45) is 5.41 Å². The zero-order valence-electron chi connectivity index (χ0n) is 18.7. The fraction of sp³-hybridized carbons (Fsp3) is 0.500. The second-order valence-corrected chi connectivity index (χ2v) is 10.1. The third-order valence-electron chi connectivity index (χ3n) is 5.22. The summed E-state index contributed by atoms with van der Waals surface area (Å²) in [4.78, 5) is 62.7. The van der Waals surface area contributed by atoms with Crippen molar-refractivity contribution in [3.63, 3.8) is 0 Å². The Kier molecular flexibility index (Phi) is 6.73. The Morgan fingerprint density at radius 2 is 1.85 bits per heavy atom. The van der Waals surface area contributed by atoms with Gasteiger partial charge < -0.3 is 24.8 Å². The van der Waals surface area contributed by atoms with Crippen molar-refractivity contribution in [1.29, 1.82) is 0 Å². The van der Waals surface area contributed by atoms with E-state index in [1.165, 1.54) is 47.9 Å². The van der Waals surface area contributed by atoms with E-state index in [1.807, 2.05) is 0 Å². The number of hydrogen-bond acceptors (Lipinski definition) is 8. The Labute approximate surface area is 195 Å². The van der Waals surface area contributed by atoms with Crippen LogP contribution in [0.2, 0.25) is 0 Å². The van der Waals surface area contributed by atoms with Crippen molar-refractivity contribution in [2.45, 2.75) is 44.7 Å². The fourth-order valence-electron chi connectivity index (χ4n) is 3.61. The van der Waals surface area contributed by atoms with E-state index >= 15 is 0 Å². The van der Waals surface area contributed by atoms with E-state index in [1.54, 1.807) is 20.8 Å². The molecule has 1 aromatic carbocycles. The molecule has 0 aliphatic carbocycles. The summed E-state index contributed by atoms with van der Waals surface area (Å²) in [5.41, 5.74) is -2.22. The third-order valence-corrected chi connectivity index (χ3v) is 6.80. The number of β-lactam (4-membered cyclic amide) rings is 1. The molecule has 2 aliphatic rings. The lowest BCUT2D eigenvalue weighted by Crippen LogP contribution is -2.74. The molecule has 3 rings (SSSR count). The molecule has 2 fully saturated rings. The van der Waals surface area contributed by atoms with Crippen LogP contribution in [0, 0.1) is 5.41 Å². The van der Waals surface area contributed by atoms with Gasteiger partial charge >= 0.3 is 17.9 Å². The predicted molar refractivity (Wildman–Crippen MR) is 118 cm³/mol. The van der Waals surface area contributed by atoms with Gasteiger partial charge in [-0.05, 0) is 32.9 Å². The molecule has 0 bridgehead atoms. The van der Waals surface area contributed by atoms with Crippen LogP contribution in [0.3, 0.4) is 0 Å². The SMILES string of the molecule is CC(=O)OCC1(C(=O)OC(C)(C)C)CS[C@@H]2C(NC(=O)c3ccccc3C(=O)O)C(=O)N2C1. The van der Waals surface area contributed by atoms with E-state index in [9.17, 15) is 29.1 Å². The van der Waals surface area contributed by atoms with Crippen molar-refractivity contribution in [3.05, 3.63) is 35.4 Å². The van der Waals surface area contributed by atoms with Crippen LogP contribution >= 0.6 is 11.8 Å². The van der Waals surface area contributed by atoms with E-state index in [0.29, 0.717) is 0 Å². The maximum Gasteiger partial charge on any atom is 0.336 e. The molecule has 33 heavy (non-hydrogen) atoms. The molecule has 0 saturated carbocycles. The lowest BCUT2D eigenvalue weighted by Gasteiger charge is -2.54. The van der Waals surface area contributed by atoms with Crippen molar-refractivity contribution in [3.8, 4) is 0 Å². The molecule has 0 aromatic heterocycles. The number of thioether (sulfide) groups is 1. The first kappa shape index (κ1) is 24.6. The fourth-order valence-corrected chi connectivity index (χ4v) is 5.13. The molecular weight excluding hydrogens is 452 g/mol. The van der Waals surface area contributed by atoms with E-state index in [0.717, 1.165) is 0 Å². The molecule has 11 heteroatoms. The van der Waals surface area contributed by atoms with Crippen LogP contribution in [-0.2, 0) is 23.9 Å². The summed E-state index contributed by atoms with van der Waals surface area (Å²) in [5.74, 6) is -3.25. The summed E-state index contributed by atoms with van der Waals surface area (Å²) in [6, 6.07) is 4.86. The smallest absolute Gasteiger partial charge is 0.336 e. The van der Waals surface area contributed by atoms with Crippen LogP contribution in [0.1, 0.15) is 48.4 Å². The number of ether oxygens (including phenoxy) is 2. The molecule has 1 aromatic rings. The summed E-state index contributed by atoms with van der Waals surface area (Å²) in [6.45, 7) is 6.14. The highest BCUT2D eigenvalue weighted by Crippen LogP contribution is 2.43. The number of aromatic carboxylic acids is 1. The van der Waals surface area contributed by atoms with Crippen LogP contribution < -0.4 is 5.32 Å². The lowest BCUT2D eigenvalue weighted by atomic mass is 9.87. The molecule has 178 valence electrons. The van der Waals surface area contributed by atoms with Gasteiger partial charge in [-0.3, -0.25) is 19.2 Å². The minimum Gasteiger partial charge on any atom is -0.478 e. The van der Waals surface area contributed by atoms with E-state index in [2.05, 4.69) is 5.32 Å². The summed E-state index contributed by atoms with van der Waals surface area (Å²) < 4.78 is 10.7. The van der Waals surface area contributed by atoms with Gasteiger partial charge in [-0.25, -0.2) is 4.79 Å². The number of rotatable bonds is 6. The summed E-state index contributed by atoms with van der Waals surface area (Å²) >= 11 is 1.27. The molecule has 2 amide bonds. The van der Waals surface area contributed by atoms with Crippen molar-refractivity contribution < 1.29 is 38.6 Å². The number of carboxylic acid groups (broad SMARTS) is 1. The normalized spacial score (nSPS) is 24.2. The van der Waals surface area contributed by atoms with Crippen molar-refractivity contribution >= 4 is 41.5 Å². The number of fused-ring (bicyclic) bond motifs is 1. The van der Waals surface area contributed by atoms with Gasteiger partial charge in [0.1, 0.15) is 29.0 Å². The van der Waals surface area contributed by atoms with Crippen molar-refractivity contribution in [2.75, 3.05) is 18.9 Å². The first-order chi connectivity index (χ1) is 15.3. The number of nitrogens with one attached hydrogen (secondary N) is 1. The van der Waals surface area contributed by atoms with Gasteiger partial charge in [0.05, 0.1) is 11.1 Å². The monoisotopic (exact) mass is 478 g/mol. The summed E-state index contributed by atoms with van der Waals surface area (Å²) in [6.07, 6.45) is 0. The molecule has 0 radical (unpaired) electrons. The number of nitrogens with zero attached hydrogens (tertiary/aromatic N) is 1. The van der Waals surface area contributed by atoms with E-state index in [-0.39, 0.29) is 30.0 Å². The minimum absolute atomic E-state index is 0.0240. The Balaban J connectivity index is 1.74. The van der Waals surface area contributed by atoms with Crippen LogP contribution in [0.5, 0.6) is 0 Å². The Morgan fingerprint density at radius 3 is 2.42 bits per heavy atom.